The van der Waals surface area contributed by atoms with Gasteiger partial charge in [0.2, 0.25) is 0 Å². The van der Waals surface area contributed by atoms with Gasteiger partial charge in [0.1, 0.15) is 6.04 Å². The molecule has 1 atom stereocenters. The van der Waals surface area contributed by atoms with Gasteiger partial charge in [-0.05, 0) is 45.6 Å². The second kappa shape index (κ2) is 9.42. The van der Waals surface area contributed by atoms with Crippen molar-refractivity contribution in [1.29, 1.82) is 0 Å². The van der Waals surface area contributed by atoms with Gasteiger partial charge in [-0.3, -0.25) is 4.79 Å². The lowest BCUT2D eigenvalue weighted by Crippen LogP contribution is -2.51. The number of carbonyl (C=O) groups excluding carboxylic acids is 1. The SMILES string of the molecule is CCOC(=O)C(CN(C)C1CCC(CC)CC1)NC(C)C. The van der Waals surface area contributed by atoms with Crippen molar-refractivity contribution in [2.75, 3.05) is 20.2 Å². The first-order chi connectivity index (χ1) is 9.97. The topological polar surface area (TPSA) is 41.6 Å². The number of esters is 1. The Bertz CT molecular complexity index is 299. The van der Waals surface area contributed by atoms with Crippen LogP contribution in [0.3, 0.4) is 0 Å². The minimum atomic E-state index is -0.223. The Kier molecular flexibility index (Phi) is 8.27. The number of hydrogen-bond donors (Lipinski definition) is 1. The first-order valence-corrected chi connectivity index (χ1v) is 8.60. The van der Waals surface area contributed by atoms with Gasteiger partial charge in [0.15, 0.2) is 0 Å². The van der Waals surface area contributed by atoms with E-state index in [-0.39, 0.29) is 18.1 Å². The maximum absolute atomic E-state index is 12.1. The van der Waals surface area contributed by atoms with Crippen LogP contribution < -0.4 is 5.32 Å². The fourth-order valence-corrected chi connectivity index (χ4v) is 3.27. The number of nitrogens with one attached hydrogen (secondary N) is 1. The van der Waals surface area contributed by atoms with Gasteiger partial charge < -0.3 is 15.0 Å². The fourth-order valence-electron chi connectivity index (χ4n) is 3.27. The third-order valence-electron chi connectivity index (χ3n) is 4.59. The van der Waals surface area contributed by atoms with Gasteiger partial charge in [-0.2, -0.15) is 0 Å². The quantitative estimate of drug-likeness (QED) is 0.700. The molecule has 0 amide bonds. The molecule has 0 aromatic carbocycles. The van der Waals surface area contributed by atoms with Crippen molar-refractivity contribution in [2.24, 2.45) is 5.92 Å². The van der Waals surface area contributed by atoms with Crippen molar-refractivity contribution in [3.05, 3.63) is 0 Å². The van der Waals surface area contributed by atoms with E-state index in [0.717, 1.165) is 12.5 Å². The van der Waals surface area contributed by atoms with Gasteiger partial charge in [0, 0.05) is 18.6 Å². The highest BCUT2D eigenvalue weighted by atomic mass is 16.5. The lowest BCUT2D eigenvalue weighted by atomic mass is 9.84. The van der Waals surface area contributed by atoms with Gasteiger partial charge in [0.25, 0.3) is 0 Å². The predicted octanol–water partition coefficient (Wildman–Crippen LogP) is 2.82. The molecule has 0 bridgehead atoms. The van der Waals surface area contributed by atoms with Gasteiger partial charge in [-0.15, -0.1) is 0 Å². The molecule has 0 aromatic heterocycles. The molecule has 124 valence electrons. The summed E-state index contributed by atoms with van der Waals surface area (Å²) in [6, 6.07) is 0.668. The minimum absolute atomic E-state index is 0.125. The Morgan fingerprint density at radius 1 is 1.24 bits per heavy atom. The zero-order valence-corrected chi connectivity index (χ0v) is 14.5. The lowest BCUT2D eigenvalue weighted by Gasteiger charge is -2.36. The molecule has 0 aromatic rings. The van der Waals surface area contributed by atoms with E-state index in [2.05, 4.69) is 38.0 Å². The average Bonchev–Trinajstić information content (AvgIpc) is 2.46. The van der Waals surface area contributed by atoms with E-state index in [1.165, 1.54) is 32.1 Å². The number of carbonyl (C=O) groups is 1. The fraction of sp³-hybridized carbons (Fsp3) is 0.941. The van der Waals surface area contributed by atoms with Crippen molar-refractivity contribution in [1.82, 2.24) is 10.2 Å². The Labute approximate surface area is 130 Å². The van der Waals surface area contributed by atoms with Crippen LogP contribution in [0.4, 0.5) is 0 Å². The van der Waals surface area contributed by atoms with E-state index >= 15 is 0 Å². The molecule has 0 radical (unpaired) electrons. The normalized spacial score (nSPS) is 24.3. The van der Waals surface area contributed by atoms with Crippen LogP contribution in [-0.4, -0.2) is 49.2 Å². The zero-order chi connectivity index (χ0) is 15.8. The Hall–Kier alpha value is -0.610. The van der Waals surface area contributed by atoms with Gasteiger partial charge in [-0.1, -0.05) is 27.2 Å². The largest absolute Gasteiger partial charge is 0.465 e. The molecule has 4 heteroatoms. The van der Waals surface area contributed by atoms with E-state index in [9.17, 15) is 4.79 Å². The second-order valence-corrected chi connectivity index (χ2v) is 6.65. The monoisotopic (exact) mass is 298 g/mol. The van der Waals surface area contributed by atoms with Crippen LogP contribution in [-0.2, 0) is 9.53 Å². The summed E-state index contributed by atoms with van der Waals surface area (Å²) < 4.78 is 5.20. The van der Waals surface area contributed by atoms with Crippen LogP contribution in [0.1, 0.15) is 59.8 Å². The highest BCUT2D eigenvalue weighted by molar-refractivity contribution is 5.76. The molecule has 4 nitrogen and oxygen atoms in total. The molecular formula is C17H34N2O2. The maximum atomic E-state index is 12.1. The number of likely N-dealkylation sites (N-methyl/N-ethyl adjacent to an activating group) is 1. The molecule has 0 saturated heterocycles. The highest BCUT2D eigenvalue weighted by Gasteiger charge is 2.28. The van der Waals surface area contributed by atoms with E-state index < -0.39 is 0 Å². The molecule has 0 aliphatic heterocycles. The summed E-state index contributed by atoms with van der Waals surface area (Å²) in [5.41, 5.74) is 0. The maximum Gasteiger partial charge on any atom is 0.324 e. The van der Waals surface area contributed by atoms with Crippen LogP contribution >= 0.6 is 0 Å². The number of rotatable bonds is 8. The zero-order valence-electron chi connectivity index (χ0n) is 14.5. The Morgan fingerprint density at radius 2 is 1.86 bits per heavy atom. The van der Waals surface area contributed by atoms with Crippen LogP contribution in [0.25, 0.3) is 0 Å². The van der Waals surface area contributed by atoms with Gasteiger partial charge in [-0.25, -0.2) is 0 Å². The first kappa shape index (κ1) is 18.4. The Morgan fingerprint density at radius 3 is 2.33 bits per heavy atom. The predicted molar refractivity (Wildman–Crippen MR) is 87.4 cm³/mol. The van der Waals surface area contributed by atoms with Gasteiger partial charge >= 0.3 is 5.97 Å². The summed E-state index contributed by atoms with van der Waals surface area (Å²) in [6.07, 6.45) is 6.47. The molecule has 21 heavy (non-hydrogen) atoms. The second-order valence-electron chi connectivity index (χ2n) is 6.65. The van der Waals surface area contributed by atoms with Crippen LogP contribution in [0, 0.1) is 5.92 Å². The van der Waals surface area contributed by atoms with Crippen molar-refractivity contribution in [3.63, 3.8) is 0 Å². The molecule has 1 fully saturated rings. The first-order valence-electron chi connectivity index (χ1n) is 8.60. The van der Waals surface area contributed by atoms with Crippen LogP contribution in [0.2, 0.25) is 0 Å². The molecule has 1 saturated carbocycles. The third-order valence-corrected chi connectivity index (χ3v) is 4.59. The molecule has 1 N–H and O–H groups in total. The van der Waals surface area contributed by atoms with Crippen molar-refractivity contribution in [2.45, 2.75) is 77.9 Å². The summed E-state index contributed by atoms with van der Waals surface area (Å²) >= 11 is 0. The standard InChI is InChI=1S/C17H34N2O2/c1-6-14-8-10-15(11-9-14)19(5)12-16(18-13(3)4)17(20)21-7-2/h13-16,18H,6-12H2,1-5H3. The third kappa shape index (κ3) is 6.35. The van der Waals surface area contributed by atoms with Crippen molar-refractivity contribution >= 4 is 5.97 Å². The number of nitrogens with zero attached hydrogens (tertiary/aromatic N) is 1. The van der Waals surface area contributed by atoms with Crippen LogP contribution in [0.15, 0.2) is 0 Å². The van der Waals surface area contributed by atoms with E-state index in [4.69, 9.17) is 4.74 Å². The van der Waals surface area contributed by atoms with E-state index in [1.54, 1.807) is 0 Å². The molecule has 1 rings (SSSR count). The summed E-state index contributed by atoms with van der Waals surface area (Å²) in [7, 11) is 2.14. The van der Waals surface area contributed by atoms with Crippen molar-refractivity contribution < 1.29 is 9.53 Å². The summed E-state index contributed by atoms with van der Waals surface area (Å²) in [6.45, 7) is 9.47. The smallest absolute Gasteiger partial charge is 0.324 e. The van der Waals surface area contributed by atoms with Crippen molar-refractivity contribution in [3.8, 4) is 0 Å². The van der Waals surface area contributed by atoms with E-state index in [0.29, 0.717) is 12.6 Å². The molecule has 1 aliphatic rings. The number of ether oxygens (including phenoxy) is 1. The summed E-state index contributed by atoms with van der Waals surface area (Å²) in [5.74, 6) is 0.782. The molecule has 0 heterocycles. The summed E-state index contributed by atoms with van der Waals surface area (Å²) in [4.78, 5) is 14.4. The van der Waals surface area contributed by atoms with Gasteiger partial charge in [0.05, 0.1) is 6.61 Å². The summed E-state index contributed by atoms with van der Waals surface area (Å²) in [5, 5.41) is 3.34. The van der Waals surface area contributed by atoms with E-state index in [1.807, 2.05) is 6.92 Å². The molecular weight excluding hydrogens is 264 g/mol. The molecule has 1 unspecified atom stereocenters. The highest BCUT2D eigenvalue weighted by Crippen LogP contribution is 2.28. The number of hydrogen-bond acceptors (Lipinski definition) is 4. The molecule has 0 spiro atoms. The minimum Gasteiger partial charge on any atom is -0.465 e. The average molecular weight is 298 g/mol. The lowest BCUT2D eigenvalue weighted by molar-refractivity contribution is -0.146. The molecule has 1 aliphatic carbocycles. The van der Waals surface area contributed by atoms with Crippen LogP contribution in [0.5, 0.6) is 0 Å². The Balaban J connectivity index is 2.51.